The minimum atomic E-state index is -0.00505. The highest BCUT2D eigenvalue weighted by molar-refractivity contribution is 6.13. The van der Waals surface area contributed by atoms with Gasteiger partial charge >= 0.3 is 0 Å². The summed E-state index contributed by atoms with van der Waals surface area (Å²) in [6, 6.07) is 12.5. The number of benzene rings is 2. The number of phenolic OH excluding ortho intramolecular Hbond substituents is 1. The SMILES string of the molecule is Cc1cccc2c1OCC/C(=C\c1cccc(O)c1)C2=O. The van der Waals surface area contributed by atoms with E-state index in [4.69, 9.17) is 4.74 Å². The number of carbonyl (C=O) groups is 1. The predicted octanol–water partition coefficient (Wildman–Crippen LogP) is 3.75. The first-order valence-corrected chi connectivity index (χ1v) is 6.92. The Morgan fingerprint density at radius 1 is 1.19 bits per heavy atom. The van der Waals surface area contributed by atoms with Gasteiger partial charge in [0, 0.05) is 12.0 Å². The van der Waals surface area contributed by atoms with Gasteiger partial charge in [0.2, 0.25) is 0 Å². The molecule has 0 spiro atoms. The van der Waals surface area contributed by atoms with Crippen molar-refractivity contribution in [3.63, 3.8) is 0 Å². The Balaban J connectivity index is 2.03. The molecule has 0 saturated carbocycles. The molecule has 1 N–H and O–H groups in total. The quantitative estimate of drug-likeness (QED) is 0.809. The lowest BCUT2D eigenvalue weighted by Gasteiger charge is -2.08. The van der Waals surface area contributed by atoms with Crippen molar-refractivity contribution >= 4 is 11.9 Å². The number of para-hydroxylation sites is 1. The summed E-state index contributed by atoms with van der Waals surface area (Å²) in [5, 5.41) is 9.52. The third-order valence-corrected chi connectivity index (χ3v) is 3.58. The van der Waals surface area contributed by atoms with Gasteiger partial charge in [0.15, 0.2) is 5.78 Å². The van der Waals surface area contributed by atoms with Gasteiger partial charge in [-0.05, 0) is 42.3 Å². The van der Waals surface area contributed by atoms with E-state index in [9.17, 15) is 9.90 Å². The van der Waals surface area contributed by atoms with Crippen molar-refractivity contribution in [3.05, 3.63) is 64.7 Å². The van der Waals surface area contributed by atoms with Crippen molar-refractivity contribution < 1.29 is 14.6 Å². The van der Waals surface area contributed by atoms with E-state index in [1.165, 1.54) is 0 Å². The van der Waals surface area contributed by atoms with E-state index in [1.807, 2.05) is 31.2 Å². The van der Waals surface area contributed by atoms with Gasteiger partial charge in [-0.2, -0.15) is 0 Å². The summed E-state index contributed by atoms with van der Waals surface area (Å²) >= 11 is 0. The molecule has 0 bridgehead atoms. The van der Waals surface area contributed by atoms with Gasteiger partial charge in [-0.15, -0.1) is 0 Å². The second-order valence-electron chi connectivity index (χ2n) is 5.14. The van der Waals surface area contributed by atoms with Crippen LogP contribution in [0.5, 0.6) is 11.5 Å². The molecule has 0 fully saturated rings. The van der Waals surface area contributed by atoms with Crippen molar-refractivity contribution in [2.24, 2.45) is 0 Å². The van der Waals surface area contributed by atoms with Crippen LogP contribution in [0.15, 0.2) is 48.0 Å². The molecule has 3 heteroatoms. The van der Waals surface area contributed by atoms with Gasteiger partial charge in [-0.3, -0.25) is 4.79 Å². The summed E-state index contributed by atoms with van der Waals surface area (Å²) in [6.45, 7) is 2.42. The average molecular weight is 280 g/mol. The second kappa shape index (κ2) is 5.44. The number of hydrogen-bond acceptors (Lipinski definition) is 3. The topological polar surface area (TPSA) is 46.5 Å². The minimum Gasteiger partial charge on any atom is -0.508 e. The number of aryl methyl sites for hydroxylation is 1. The Hall–Kier alpha value is -2.55. The van der Waals surface area contributed by atoms with Crippen LogP contribution in [-0.2, 0) is 0 Å². The molecule has 0 aromatic heterocycles. The lowest BCUT2D eigenvalue weighted by atomic mass is 9.98. The number of ether oxygens (including phenoxy) is 1. The first kappa shape index (κ1) is 13.4. The van der Waals surface area contributed by atoms with Crippen LogP contribution in [-0.4, -0.2) is 17.5 Å². The molecule has 0 radical (unpaired) electrons. The maximum atomic E-state index is 12.7. The molecule has 0 unspecified atom stereocenters. The minimum absolute atomic E-state index is 0.00505. The summed E-state index contributed by atoms with van der Waals surface area (Å²) in [5.74, 6) is 0.870. The van der Waals surface area contributed by atoms with Crippen LogP contribution < -0.4 is 4.74 Å². The molecule has 1 aliphatic rings. The molecular weight excluding hydrogens is 264 g/mol. The van der Waals surface area contributed by atoms with Gasteiger partial charge in [0.1, 0.15) is 11.5 Å². The lowest BCUT2D eigenvalue weighted by Crippen LogP contribution is -2.02. The number of fused-ring (bicyclic) bond motifs is 1. The van der Waals surface area contributed by atoms with Crippen molar-refractivity contribution in [2.45, 2.75) is 13.3 Å². The molecule has 0 aliphatic carbocycles. The zero-order valence-electron chi connectivity index (χ0n) is 11.8. The lowest BCUT2D eigenvalue weighted by molar-refractivity contribution is 0.103. The summed E-state index contributed by atoms with van der Waals surface area (Å²) in [6.07, 6.45) is 2.38. The Bertz CT molecular complexity index is 729. The first-order valence-electron chi connectivity index (χ1n) is 6.92. The average Bonchev–Trinajstić information content (AvgIpc) is 2.61. The van der Waals surface area contributed by atoms with Crippen LogP contribution >= 0.6 is 0 Å². The second-order valence-corrected chi connectivity index (χ2v) is 5.14. The standard InChI is InChI=1S/C18H16O3/c1-12-4-2-7-16-17(20)14(8-9-21-18(12)16)10-13-5-3-6-15(19)11-13/h2-7,10-11,19H,8-9H2,1H3/b14-10+. The van der Waals surface area contributed by atoms with Gasteiger partial charge in [-0.1, -0.05) is 24.3 Å². The van der Waals surface area contributed by atoms with E-state index < -0.39 is 0 Å². The molecule has 3 rings (SSSR count). The van der Waals surface area contributed by atoms with Crippen LogP contribution in [0.3, 0.4) is 0 Å². The molecule has 0 atom stereocenters. The fraction of sp³-hybridized carbons (Fsp3) is 0.167. The van der Waals surface area contributed by atoms with Crippen LogP contribution in [0.1, 0.15) is 27.9 Å². The molecule has 0 amide bonds. The molecule has 1 heterocycles. The molecule has 3 nitrogen and oxygen atoms in total. The normalized spacial score (nSPS) is 16.2. The Morgan fingerprint density at radius 2 is 2.00 bits per heavy atom. The number of rotatable bonds is 1. The molecule has 1 aliphatic heterocycles. The molecule has 2 aromatic rings. The molecule has 21 heavy (non-hydrogen) atoms. The van der Waals surface area contributed by atoms with Gasteiger partial charge in [-0.25, -0.2) is 0 Å². The highest BCUT2D eigenvalue weighted by Gasteiger charge is 2.22. The molecular formula is C18H16O3. The van der Waals surface area contributed by atoms with Crippen molar-refractivity contribution in [2.75, 3.05) is 6.61 Å². The van der Waals surface area contributed by atoms with E-state index in [0.29, 0.717) is 29.9 Å². The largest absolute Gasteiger partial charge is 0.508 e. The number of phenols is 1. The summed E-state index contributed by atoms with van der Waals surface area (Å²) in [4.78, 5) is 12.7. The van der Waals surface area contributed by atoms with Crippen LogP contribution in [0.4, 0.5) is 0 Å². The summed E-state index contributed by atoms with van der Waals surface area (Å²) in [7, 11) is 0. The number of carbonyl (C=O) groups excluding carboxylic acids is 1. The van der Waals surface area contributed by atoms with Crippen molar-refractivity contribution in [3.8, 4) is 11.5 Å². The van der Waals surface area contributed by atoms with E-state index in [2.05, 4.69) is 0 Å². The highest BCUT2D eigenvalue weighted by Crippen LogP contribution is 2.30. The van der Waals surface area contributed by atoms with Crippen molar-refractivity contribution in [1.82, 2.24) is 0 Å². The highest BCUT2D eigenvalue weighted by atomic mass is 16.5. The van der Waals surface area contributed by atoms with Gasteiger partial charge < -0.3 is 9.84 Å². The molecule has 106 valence electrons. The smallest absolute Gasteiger partial charge is 0.192 e. The molecule has 0 saturated heterocycles. The first-order chi connectivity index (χ1) is 10.1. The number of Topliss-reactive ketones (excluding diaryl/α,β-unsaturated/α-hetero) is 1. The Kier molecular flexibility index (Phi) is 3.48. The fourth-order valence-corrected chi connectivity index (χ4v) is 2.53. The number of ketones is 1. The van der Waals surface area contributed by atoms with Crippen LogP contribution in [0.25, 0.3) is 6.08 Å². The summed E-state index contributed by atoms with van der Waals surface area (Å²) in [5.41, 5.74) is 3.10. The Morgan fingerprint density at radius 3 is 2.81 bits per heavy atom. The van der Waals surface area contributed by atoms with E-state index in [1.54, 1.807) is 24.3 Å². The maximum absolute atomic E-state index is 12.7. The van der Waals surface area contributed by atoms with Crippen LogP contribution in [0, 0.1) is 6.92 Å². The summed E-state index contributed by atoms with van der Waals surface area (Å²) < 4.78 is 5.73. The van der Waals surface area contributed by atoms with Crippen LogP contribution in [0.2, 0.25) is 0 Å². The van der Waals surface area contributed by atoms with Crippen molar-refractivity contribution in [1.29, 1.82) is 0 Å². The third-order valence-electron chi connectivity index (χ3n) is 3.58. The number of aromatic hydroxyl groups is 1. The fourth-order valence-electron chi connectivity index (χ4n) is 2.53. The Labute approximate surface area is 123 Å². The number of hydrogen-bond donors (Lipinski definition) is 1. The van der Waals surface area contributed by atoms with E-state index >= 15 is 0 Å². The molecule has 2 aromatic carbocycles. The third kappa shape index (κ3) is 2.68. The van der Waals surface area contributed by atoms with Gasteiger partial charge in [0.05, 0.1) is 12.2 Å². The van der Waals surface area contributed by atoms with Gasteiger partial charge in [0.25, 0.3) is 0 Å². The maximum Gasteiger partial charge on any atom is 0.192 e. The zero-order chi connectivity index (χ0) is 14.8. The predicted molar refractivity (Wildman–Crippen MR) is 81.7 cm³/mol. The zero-order valence-corrected chi connectivity index (χ0v) is 11.8. The van der Waals surface area contributed by atoms with E-state index in [0.717, 1.165) is 11.1 Å². The van der Waals surface area contributed by atoms with E-state index in [-0.39, 0.29) is 11.5 Å². The monoisotopic (exact) mass is 280 g/mol.